The molecule has 0 saturated heterocycles. The number of methoxy groups -OCH3 is 3. The van der Waals surface area contributed by atoms with Crippen LogP contribution in [0.15, 0.2) is 51.6 Å². The molecular formula is C22H21N3O5S2. The topological polar surface area (TPSA) is 98.5 Å². The van der Waals surface area contributed by atoms with Gasteiger partial charge in [-0.25, -0.2) is 4.98 Å². The van der Waals surface area contributed by atoms with Crippen LogP contribution in [0.25, 0.3) is 21.7 Å². The molecule has 0 N–H and O–H groups in total. The average molecular weight is 472 g/mol. The quantitative estimate of drug-likeness (QED) is 0.381. The summed E-state index contributed by atoms with van der Waals surface area (Å²) in [5, 5.41) is 0. The molecule has 1 atom stereocenters. The second kappa shape index (κ2) is 9.19. The summed E-state index contributed by atoms with van der Waals surface area (Å²) >= 11 is -0.168. The van der Waals surface area contributed by atoms with Crippen molar-refractivity contribution in [3.8, 4) is 28.6 Å². The second-order valence-electron chi connectivity index (χ2n) is 6.79. The Morgan fingerprint density at radius 1 is 1.03 bits per heavy atom. The van der Waals surface area contributed by atoms with Gasteiger partial charge in [-0.3, -0.25) is 9.36 Å². The van der Waals surface area contributed by atoms with Crippen LogP contribution in [0.1, 0.15) is 5.56 Å². The minimum atomic E-state index is -1.32. The zero-order chi connectivity index (χ0) is 22.8. The Morgan fingerprint density at radius 3 is 2.47 bits per heavy atom. The van der Waals surface area contributed by atoms with Gasteiger partial charge in [-0.15, -0.1) is 0 Å². The zero-order valence-electron chi connectivity index (χ0n) is 17.9. The first-order valence-corrected chi connectivity index (χ1v) is 11.9. The van der Waals surface area contributed by atoms with Crippen LogP contribution in [0.4, 0.5) is 0 Å². The average Bonchev–Trinajstić information content (AvgIpc) is 3.26. The van der Waals surface area contributed by atoms with Crippen molar-refractivity contribution in [2.24, 2.45) is 0 Å². The molecule has 0 aliphatic heterocycles. The third-order valence-electron chi connectivity index (χ3n) is 4.92. The lowest BCUT2D eigenvalue weighted by Crippen LogP contribution is -2.24. The van der Waals surface area contributed by atoms with Crippen LogP contribution in [-0.4, -0.2) is 46.7 Å². The number of thiazole rings is 1. The van der Waals surface area contributed by atoms with Crippen LogP contribution in [0, 0.1) is 0 Å². The molecule has 4 rings (SSSR count). The first-order chi connectivity index (χ1) is 15.5. The normalized spacial score (nSPS) is 12.0. The Kier molecular flexibility index (Phi) is 6.35. The van der Waals surface area contributed by atoms with E-state index in [1.165, 1.54) is 10.8 Å². The van der Waals surface area contributed by atoms with Gasteiger partial charge < -0.3 is 18.8 Å². The van der Waals surface area contributed by atoms with E-state index < -0.39 is 11.2 Å². The molecule has 0 spiro atoms. The summed E-state index contributed by atoms with van der Waals surface area (Å²) < 4.78 is 30.2. The van der Waals surface area contributed by atoms with Crippen molar-refractivity contribution in [1.82, 2.24) is 14.5 Å². The van der Waals surface area contributed by atoms with Crippen molar-refractivity contribution in [3.05, 3.63) is 58.4 Å². The Balaban J connectivity index is 1.97. The van der Waals surface area contributed by atoms with E-state index in [0.717, 1.165) is 16.9 Å². The number of ether oxygens (including phenoxy) is 3. The molecule has 1 unspecified atom stereocenters. The fraction of sp³-hybridized carbons (Fsp3) is 0.227. The Morgan fingerprint density at radius 2 is 1.78 bits per heavy atom. The van der Waals surface area contributed by atoms with Crippen LogP contribution in [0.5, 0.6) is 17.2 Å². The van der Waals surface area contributed by atoms with E-state index in [-0.39, 0.29) is 17.6 Å². The van der Waals surface area contributed by atoms with Crippen molar-refractivity contribution in [1.29, 1.82) is 0 Å². The second-order valence-corrected chi connectivity index (χ2v) is 9.32. The van der Waals surface area contributed by atoms with Gasteiger partial charge in [-0.05, 0) is 35.6 Å². The molecule has 0 amide bonds. The fourth-order valence-corrected chi connectivity index (χ4v) is 4.94. The molecule has 4 aromatic rings. The van der Waals surface area contributed by atoms with Crippen molar-refractivity contribution in [2.45, 2.75) is 10.9 Å². The minimum Gasteiger partial charge on any atom is -0.610 e. The highest BCUT2D eigenvalue weighted by molar-refractivity contribution is 7.92. The SMILES string of the molecule is COc1ccc(Cn2c(-c3ccccc3OC)nc3sc([S+](C)[O-])nc3c2=O)c(OC)c1. The van der Waals surface area contributed by atoms with Crippen LogP contribution in [-0.2, 0) is 17.7 Å². The molecule has 2 heterocycles. The summed E-state index contributed by atoms with van der Waals surface area (Å²) in [6.45, 7) is 0.185. The van der Waals surface area contributed by atoms with Gasteiger partial charge >= 0.3 is 4.34 Å². The molecule has 10 heteroatoms. The number of rotatable bonds is 7. The maximum atomic E-state index is 13.5. The molecule has 32 heavy (non-hydrogen) atoms. The van der Waals surface area contributed by atoms with Gasteiger partial charge in [0.15, 0.2) is 10.3 Å². The predicted octanol–water partition coefficient (Wildman–Crippen LogP) is 3.33. The molecule has 0 aliphatic carbocycles. The number of fused-ring (bicyclic) bond motifs is 1. The van der Waals surface area contributed by atoms with E-state index >= 15 is 0 Å². The van der Waals surface area contributed by atoms with Crippen molar-refractivity contribution in [3.63, 3.8) is 0 Å². The largest absolute Gasteiger partial charge is 0.610 e. The third-order valence-corrected chi connectivity index (χ3v) is 7.20. The summed E-state index contributed by atoms with van der Waals surface area (Å²) in [5.74, 6) is 2.23. The van der Waals surface area contributed by atoms with Gasteiger partial charge in [0.2, 0.25) is 0 Å². The molecule has 2 aromatic heterocycles. The van der Waals surface area contributed by atoms with Gasteiger partial charge in [0.25, 0.3) is 5.56 Å². The lowest BCUT2D eigenvalue weighted by atomic mass is 10.1. The zero-order valence-corrected chi connectivity index (χ0v) is 19.6. The number of hydrogen-bond acceptors (Lipinski definition) is 8. The molecular weight excluding hydrogens is 450 g/mol. The van der Waals surface area contributed by atoms with E-state index in [0.29, 0.717) is 37.8 Å². The van der Waals surface area contributed by atoms with Crippen LogP contribution in [0.3, 0.4) is 0 Å². The molecule has 0 aliphatic rings. The third kappa shape index (κ3) is 4.04. The highest BCUT2D eigenvalue weighted by Crippen LogP contribution is 2.32. The number of para-hydroxylation sites is 1. The molecule has 0 fully saturated rings. The summed E-state index contributed by atoms with van der Waals surface area (Å²) in [6, 6.07) is 12.8. The van der Waals surface area contributed by atoms with Crippen LogP contribution < -0.4 is 19.8 Å². The maximum Gasteiger partial charge on any atom is 0.304 e. The highest BCUT2D eigenvalue weighted by atomic mass is 32.2. The van der Waals surface area contributed by atoms with Gasteiger partial charge in [-0.1, -0.05) is 12.1 Å². The smallest absolute Gasteiger partial charge is 0.304 e. The molecule has 166 valence electrons. The van der Waals surface area contributed by atoms with Gasteiger partial charge in [0.05, 0.1) is 33.4 Å². The first kappa shape index (κ1) is 22.1. The van der Waals surface area contributed by atoms with Crippen LogP contribution >= 0.6 is 11.3 Å². The van der Waals surface area contributed by atoms with Crippen molar-refractivity contribution in [2.75, 3.05) is 27.6 Å². The number of aromatic nitrogens is 3. The van der Waals surface area contributed by atoms with E-state index in [2.05, 4.69) is 4.98 Å². The summed E-state index contributed by atoms with van der Waals surface area (Å²) in [5.41, 5.74) is 1.28. The van der Waals surface area contributed by atoms with Gasteiger partial charge in [-0.2, -0.15) is 4.98 Å². The molecule has 2 aromatic carbocycles. The van der Waals surface area contributed by atoms with Gasteiger partial charge in [0, 0.05) is 22.8 Å². The number of hydrogen-bond donors (Lipinski definition) is 0. The summed E-state index contributed by atoms with van der Waals surface area (Å²) in [7, 11) is 4.71. The maximum absolute atomic E-state index is 13.5. The lowest BCUT2D eigenvalue weighted by Gasteiger charge is -2.16. The van der Waals surface area contributed by atoms with Crippen LogP contribution in [0.2, 0.25) is 0 Å². The number of benzene rings is 2. The lowest BCUT2D eigenvalue weighted by molar-refractivity contribution is 0.390. The Hall–Kier alpha value is -3.08. The van der Waals surface area contributed by atoms with Crippen molar-refractivity contribution >= 4 is 32.9 Å². The fourth-order valence-electron chi connectivity index (χ4n) is 3.35. The monoisotopic (exact) mass is 471 g/mol. The molecule has 0 bridgehead atoms. The van der Waals surface area contributed by atoms with E-state index in [4.69, 9.17) is 19.2 Å². The van der Waals surface area contributed by atoms with E-state index in [1.807, 2.05) is 30.3 Å². The summed E-state index contributed by atoms with van der Waals surface area (Å²) in [6.07, 6.45) is 1.53. The first-order valence-electron chi connectivity index (χ1n) is 9.56. The summed E-state index contributed by atoms with van der Waals surface area (Å²) in [4.78, 5) is 23.0. The molecule has 0 saturated carbocycles. The predicted molar refractivity (Wildman–Crippen MR) is 125 cm³/mol. The Labute approximate surface area is 191 Å². The number of nitrogens with zero attached hydrogens (tertiary/aromatic N) is 3. The van der Waals surface area contributed by atoms with Gasteiger partial charge in [0.1, 0.15) is 29.3 Å². The molecule has 8 nitrogen and oxygen atoms in total. The van der Waals surface area contributed by atoms with E-state index in [9.17, 15) is 9.35 Å². The van der Waals surface area contributed by atoms with E-state index in [1.54, 1.807) is 33.5 Å². The Bertz CT molecular complexity index is 1330. The molecule has 0 radical (unpaired) electrons. The minimum absolute atomic E-state index is 0.185. The standard InChI is InChI=1S/C22H21N3O5S2/c1-28-14-10-9-13(17(11-14)30-3)12-25-19(15-7-5-6-8-16(15)29-2)24-20-18(21(25)26)23-22(31-20)32(4)27/h5-11H,12H2,1-4H3. The highest BCUT2D eigenvalue weighted by Gasteiger charge is 2.22. The van der Waals surface area contributed by atoms with Crippen molar-refractivity contribution < 1.29 is 18.8 Å².